The lowest BCUT2D eigenvalue weighted by Crippen LogP contribution is -1.45. The highest BCUT2D eigenvalue weighted by molar-refractivity contribution is 5.48. The van der Waals surface area contributed by atoms with Gasteiger partial charge in [0.15, 0.2) is 0 Å². The van der Waals surface area contributed by atoms with Crippen molar-refractivity contribution in [1.82, 2.24) is 0 Å². The number of allylic oxidation sites excluding steroid dienone is 4. The molecular formula is C6H6O. The van der Waals surface area contributed by atoms with Gasteiger partial charge >= 0.3 is 0 Å². The molecule has 0 aliphatic carbocycles. The van der Waals surface area contributed by atoms with Crippen molar-refractivity contribution in [2.75, 3.05) is 0 Å². The van der Waals surface area contributed by atoms with E-state index in [1.54, 1.807) is 24.2 Å². The molecule has 0 aliphatic heterocycles. The Hall–Kier alpha value is -1.07. The van der Waals surface area contributed by atoms with Gasteiger partial charge in [-0.1, -0.05) is 24.8 Å². The summed E-state index contributed by atoms with van der Waals surface area (Å²) in [6.45, 7) is 3.40. The smallest absolute Gasteiger partial charge is 0.124 e. The van der Waals surface area contributed by atoms with Gasteiger partial charge in [-0.2, -0.15) is 0 Å². The van der Waals surface area contributed by atoms with E-state index in [4.69, 9.17) is 0 Å². The topological polar surface area (TPSA) is 17.1 Å². The first kappa shape index (κ1) is 5.93. The molecule has 0 saturated carbocycles. The lowest BCUT2D eigenvalue weighted by atomic mass is 10.5. The fourth-order valence-electron chi connectivity index (χ4n) is 0.173. The van der Waals surface area contributed by atoms with Crippen molar-refractivity contribution in [2.24, 2.45) is 0 Å². The zero-order valence-corrected chi connectivity index (χ0v) is 3.92. The maximum Gasteiger partial charge on any atom is 0.124 e. The summed E-state index contributed by atoms with van der Waals surface area (Å²) in [5, 5.41) is 0. The van der Waals surface area contributed by atoms with E-state index < -0.39 is 0 Å². The van der Waals surface area contributed by atoms with Gasteiger partial charge in [0.2, 0.25) is 0 Å². The highest BCUT2D eigenvalue weighted by Crippen LogP contribution is 1.69. The minimum Gasteiger partial charge on any atom is -0.234 e. The molecule has 0 aliphatic rings. The third-order valence-corrected chi connectivity index (χ3v) is 0.411. The molecule has 0 amide bonds. The predicted molar refractivity (Wildman–Crippen MR) is 29.6 cm³/mol. The van der Waals surface area contributed by atoms with Crippen LogP contribution in [-0.4, -0.2) is 5.94 Å². The molecule has 0 radical (unpaired) electrons. The summed E-state index contributed by atoms with van der Waals surface area (Å²) in [5.74, 6) is 1.59. The fraction of sp³-hybridized carbons (Fsp3) is 0. The van der Waals surface area contributed by atoms with E-state index in [0.29, 0.717) is 0 Å². The van der Waals surface area contributed by atoms with Gasteiger partial charge in [0.05, 0.1) is 0 Å². The first-order valence-corrected chi connectivity index (χ1v) is 1.90. The molecule has 0 aromatic carbocycles. The maximum absolute atomic E-state index is 9.41. The van der Waals surface area contributed by atoms with E-state index in [0.717, 1.165) is 0 Å². The minimum atomic E-state index is 1.28. The van der Waals surface area contributed by atoms with Gasteiger partial charge in [-0.15, -0.1) is 0 Å². The van der Waals surface area contributed by atoms with E-state index in [-0.39, 0.29) is 0 Å². The molecule has 0 spiro atoms. The highest BCUT2D eigenvalue weighted by atomic mass is 16.1. The van der Waals surface area contributed by atoms with Crippen molar-refractivity contribution < 1.29 is 4.79 Å². The molecule has 0 bridgehead atoms. The van der Waals surface area contributed by atoms with Crippen LogP contribution in [0.3, 0.4) is 0 Å². The summed E-state index contributed by atoms with van der Waals surface area (Å²) in [5.41, 5.74) is 0. The lowest BCUT2D eigenvalue weighted by Gasteiger charge is -1.59. The Kier molecular flexibility index (Phi) is 4.18. The summed E-state index contributed by atoms with van der Waals surface area (Å²) < 4.78 is 0. The predicted octanol–water partition coefficient (Wildman–Crippen LogP) is 1.12. The van der Waals surface area contributed by atoms with E-state index in [9.17, 15) is 4.79 Å². The van der Waals surface area contributed by atoms with Crippen LogP contribution < -0.4 is 0 Å². The molecular weight excluding hydrogens is 88.1 g/mol. The van der Waals surface area contributed by atoms with Crippen LogP contribution in [0.15, 0.2) is 30.9 Å². The van der Waals surface area contributed by atoms with Gasteiger partial charge in [-0.05, 0) is 0 Å². The van der Waals surface area contributed by atoms with E-state index in [1.165, 1.54) is 6.08 Å². The van der Waals surface area contributed by atoms with Crippen LogP contribution in [0.4, 0.5) is 0 Å². The van der Waals surface area contributed by atoms with Crippen LogP contribution in [0, 0.1) is 0 Å². The fourth-order valence-corrected chi connectivity index (χ4v) is 0.173. The molecule has 0 fully saturated rings. The van der Waals surface area contributed by atoms with Crippen LogP contribution in [0.1, 0.15) is 0 Å². The molecule has 36 valence electrons. The van der Waals surface area contributed by atoms with Gasteiger partial charge in [0.1, 0.15) is 5.94 Å². The van der Waals surface area contributed by atoms with Crippen LogP contribution in [0.5, 0.6) is 0 Å². The SMILES string of the molecule is C=C/C=C/C=C=O. The van der Waals surface area contributed by atoms with Crippen molar-refractivity contribution in [3.8, 4) is 0 Å². The summed E-state index contributed by atoms with van der Waals surface area (Å²) in [6, 6.07) is 0. The van der Waals surface area contributed by atoms with Crippen molar-refractivity contribution in [1.29, 1.82) is 0 Å². The standard InChI is InChI=1S/C6H6O/c1-2-3-4-5-6-7/h2-5H,1H2/b4-3+. The number of rotatable bonds is 2. The largest absolute Gasteiger partial charge is 0.234 e. The zero-order valence-electron chi connectivity index (χ0n) is 3.92. The van der Waals surface area contributed by atoms with Crippen LogP contribution in [0.25, 0.3) is 0 Å². The minimum absolute atomic E-state index is 1.28. The highest BCUT2D eigenvalue weighted by Gasteiger charge is 1.53. The number of carbonyl (C=O) groups excluding carboxylic acids is 1. The number of hydrogen-bond acceptors (Lipinski definition) is 1. The molecule has 0 N–H and O–H groups in total. The number of hydrogen-bond donors (Lipinski definition) is 0. The zero-order chi connectivity index (χ0) is 5.54. The van der Waals surface area contributed by atoms with E-state index >= 15 is 0 Å². The summed E-state index contributed by atoms with van der Waals surface area (Å²) in [6.07, 6.45) is 6.10. The molecule has 0 aromatic rings. The average molecular weight is 94.1 g/mol. The molecule has 0 unspecified atom stereocenters. The summed E-state index contributed by atoms with van der Waals surface area (Å²) in [4.78, 5) is 9.41. The molecule has 1 nitrogen and oxygen atoms in total. The van der Waals surface area contributed by atoms with Crippen molar-refractivity contribution in [3.05, 3.63) is 30.9 Å². The normalized spacial score (nSPS) is 8.00. The monoisotopic (exact) mass is 94.0 g/mol. The molecule has 0 aromatic heterocycles. The molecule has 0 saturated heterocycles. The Labute approximate surface area is 42.7 Å². The second-order valence-electron chi connectivity index (χ2n) is 0.905. The van der Waals surface area contributed by atoms with Gasteiger partial charge in [-0.3, -0.25) is 0 Å². The molecule has 0 atom stereocenters. The summed E-state index contributed by atoms with van der Waals surface area (Å²) >= 11 is 0. The summed E-state index contributed by atoms with van der Waals surface area (Å²) in [7, 11) is 0. The van der Waals surface area contributed by atoms with Gasteiger partial charge in [0.25, 0.3) is 0 Å². The van der Waals surface area contributed by atoms with Gasteiger partial charge in [-0.25, -0.2) is 4.79 Å². The third-order valence-electron chi connectivity index (χ3n) is 0.411. The van der Waals surface area contributed by atoms with Gasteiger partial charge < -0.3 is 0 Å². The van der Waals surface area contributed by atoms with Crippen molar-refractivity contribution in [3.63, 3.8) is 0 Å². The van der Waals surface area contributed by atoms with E-state index in [1.807, 2.05) is 0 Å². The van der Waals surface area contributed by atoms with Crippen molar-refractivity contribution >= 4 is 5.94 Å². The Balaban J connectivity index is 3.47. The Morgan fingerprint density at radius 1 is 1.43 bits per heavy atom. The van der Waals surface area contributed by atoms with Gasteiger partial charge in [0, 0.05) is 6.08 Å². The second kappa shape index (κ2) is 4.93. The first-order chi connectivity index (χ1) is 3.41. The van der Waals surface area contributed by atoms with E-state index in [2.05, 4.69) is 6.58 Å². The Morgan fingerprint density at radius 3 is 2.57 bits per heavy atom. The van der Waals surface area contributed by atoms with Crippen LogP contribution in [0.2, 0.25) is 0 Å². The van der Waals surface area contributed by atoms with Crippen LogP contribution >= 0.6 is 0 Å². The first-order valence-electron chi connectivity index (χ1n) is 1.90. The van der Waals surface area contributed by atoms with Crippen molar-refractivity contribution in [2.45, 2.75) is 0 Å². The lowest BCUT2D eigenvalue weighted by molar-refractivity contribution is 0.569. The second-order valence-corrected chi connectivity index (χ2v) is 0.905. The quantitative estimate of drug-likeness (QED) is 0.370. The Morgan fingerprint density at radius 2 is 2.14 bits per heavy atom. The van der Waals surface area contributed by atoms with Crippen LogP contribution in [-0.2, 0) is 4.79 Å². The Bertz CT molecular complexity index is 116. The molecule has 1 heteroatoms. The maximum atomic E-state index is 9.41. The third kappa shape index (κ3) is 4.93. The molecule has 0 rings (SSSR count). The average Bonchev–Trinajstić information content (AvgIpc) is 1.69. The molecule has 0 heterocycles. The molecule has 7 heavy (non-hydrogen) atoms.